The van der Waals surface area contributed by atoms with Gasteiger partial charge < -0.3 is 5.32 Å². The Morgan fingerprint density at radius 3 is 2.37 bits per heavy atom. The summed E-state index contributed by atoms with van der Waals surface area (Å²) in [7, 11) is 0. The standard InChI is InChI=1S/C15H24F3N/c1-3-5-6-14(19-11-4-2)12-7-9-13(10-8-12)15(16,17)18/h1,12-14,19H,4-11H2,2H3. The Bertz CT molecular complexity index is 285. The fourth-order valence-corrected chi connectivity index (χ4v) is 2.92. The van der Waals surface area contributed by atoms with E-state index < -0.39 is 12.1 Å². The molecule has 1 atom stereocenters. The van der Waals surface area contributed by atoms with Crippen molar-refractivity contribution in [3.8, 4) is 12.3 Å². The quantitative estimate of drug-likeness (QED) is 0.718. The number of hydrogen-bond acceptors (Lipinski definition) is 1. The maximum Gasteiger partial charge on any atom is 0.391 e. The summed E-state index contributed by atoms with van der Waals surface area (Å²) in [5.41, 5.74) is 0. The van der Waals surface area contributed by atoms with Crippen LogP contribution < -0.4 is 5.32 Å². The Labute approximate surface area is 114 Å². The van der Waals surface area contributed by atoms with Crippen LogP contribution >= 0.6 is 0 Å². The molecule has 1 nitrogen and oxygen atoms in total. The minimum absolute atomic E-state index is 0.272. The van der Waals surface area contributed by atoms with E-state index in [9.17, 15) is 13.2 Å². The first-order chi connectivity index (χ1) is 8.99. The van der Waals surface area contributed by atoms with Gasteiger partial charge >= 0.3 is 6.18 Å². The Kier molecular flexibility index (Phi) is 6.71. The largest absolute Gasteiger partial charge is 0.391 e. The Morgan fingerprint density at radius 2 is 1.89 bits per heavy atom. The maximum atomic E-state index is 12.6. The summed E-state index contributed by atoms with van der Waals surface area (Å²) in [5.74, 6) is 1.88. The first-order valence-electron chi connectivity index (χ1n) is 7.22. The van der Waals surface area contributed by atoms with Crippen molar-refractivity contribution in [2.24, 2.45) is 11.8 Å². The Hall–Kier alpha value is -0.690. The van der Waals surface area contributed by atoms with Crippen LogP contribution in [0.5, 0.6) is 0 Å². The van der Waals surface area contributed by atoms with Gasteiger partial charge in [0, 0.05) is 12.5 Å². The lowest BCUT2D eigenvalue weighted by Crippen LogP contribution is -2.40. The molecule has 1 aliphatic carbocycles. The molecule has 0 aromatic rings. The third-order valence-electron chi connectivity index (χ3n) is 4.06. The molecule has 0 bridgehead atoms. The second-order valence-corrected chi connectivity index (χ2v) is 5.46. The van der Waals surface area contributed by atoms with Crippen LogP contribution in [0.3, 0.4) is 0 Å². The summed E-state index contributed by atoms with van der Waals surface area (Å²) in [6.45, 7) is 3.00. The molecule has 1 saturated carbocycles. The van der Waals surface area contributed by atoms with E-state index in [2.05, 4.69) is 18.2 Å². The first kappa shape index (κ1) is 16.4. The molecular formula is C15H24F3N. The highest BCUT2D eigenvalue weighted by Gasteiger charge is 2.42. The van der Waals surface area contributed by atoms with Gasteiger partial charge in [0.15, 0.2) is 0 Å². The van der Waals surface area contributed by atoms with Gasteiger partial charge in [-0.1, -0.05) is 6.92 Å². The molecule has 1 rings (SSSR count). The maximum absolute atomic E-state index is 12.6. The van der Waals surface area contributed by atoms with Crippen molar-refractivity contribution >= 4 is 0 Å². The Balaban J connectivity index is 2.46. The summed E-state index contributed by atoms with van der Waals surface area (Å²) in [6.07, 6.45) is 5.74. The summed E-state index contributed by atoms with van der Waals surface area (Å²) in [4.78, 5) is 0. The van der Waals surface area contributed by atoms with Crippen LogP contribution in [-0.2, 0) is 0 Å². The molecule has 0 aliphatic heterocycles. The second kappa shape index (κ2) is 7.79. The van der Waals surface area contributed by atoms with Gasteiger partial charge in [-0.05, 0) is 51.0 Å². The van der Waals surface area contributed by atoms with E-state index >= 15 is 0 Å². The minimum Gasteiger partial charge on any atom is -0.314 e. The number of halogens is 3. The number of nitrogens with one attached hydrogen (secondary N) is 1. The molecule has 0 radical (unpaired) electrons. The molecule has 0 aromatic heterocycles. The highest BCUT2D eigenvalue weighted by Crippen LogP contribution is 2.40. The van der Waals surface area contributed by atoms with Crippen molar-refractivity contribution in [1.29, 1.82) is 0 Å². The summed E-state index contributed by atoms with van der Waals surface area (Å²) in [5, 5.41) is 3.45. The zero-order valence-corrected chi connectivity index (χ0v) is 11.6. The second-order valence-electron chi connectivity index (χ2n) is 5.46. The van der Waals surface area contributed by atoms with E-state index in [-0.39, 0.29) is 18.9 Å². The van der Waals surface area contributed by atoms with Gasteiger partial charge in [0.2, 0.25) is 0 Å². The molecule has 1 aliphatic rings. The van der Waals surface area contributed by atoms with Crippen molar-refractivity contribution in [1.82, 2.24) is 5.32 Å². The molecule has 0 amide bonds. The van der Waals surface area contributed by atoms with Crippen LogP contribution in [0.2, 0.25) is 0 Å². The lowest BCUT2D eigenvalue weighted by Gasteiger charge is -2.35. The molecule has 110 valence electrons. The van der Waals surface area contributed by atoms with Gasteiger partial charge in [0.25, 0.3) is 0 Å². The van der Waals surface area contributed by atoms with Gasteiger partial charge in [-0.15, -0.1) is 12.3 Å². The normalized spacial score (nSPS) is 25.8. The average molecular weight is 275 g/mol. The van der Waals surface area contributed by atoms with Crippen molar-refractivity contribution in [3.63, 3.8) is 0 Å². The lowest BCUT2D eigenvalue weighted by atomic mass is 9.77. The molecule has 1 N–H and O–H groups in total. The predicted octanol–water partition coefficient (Wildman–Crippen LogP) is 4.14. The van der Waals surface area contributed by atoms with Crippen molar-refractivity contribution < 1.29 is 13.2 Å². The lowest BCUT2D eigenvalue weighted by molar-refractivity contribution is -0.184. The summed E-state index contributed by atoms with van der Waals surface area (Å²) in [6, 6.07) is 0.283. The van der Waals surface area contributed by atoms with Crippen molar-refractivity contribution in [2.45, 2.75) is 64.1 Å². The predicted molar refractivity (Wildman–Crippen MR) is 71.7 cm³/mol. The summed E-state index contributed by atoms with van der Waals surface area (Å²) < 4.78 is 37.9. The van der Waals surface area contributed by atoms with E-state index in [0.29, 0.717) is 25.2 Å². The summed E-state index contributed by atoms with van der Waals surface area (Å²) >= 11 is 0. The van der Waals surface area contributed by atoms with Crippen LogP contribution in [0.15, 0.2) is 0 Å². The van der Waals surface area contributed by atoms with Gasteiger partial charge in [-0.3, -0.25) is 0 Å². The zero-order chi connectivity index (χ0) is 14.3. The fraction of sp³-hybridized carbons (Fsp3) is 0.867. The molecule has 4 heteroatoms. The number of hydrogen-bond donors (Lipinski definition) is 1. The van der Waals surface area contributed by atoms with Crippen LogP contribution in [0.4, 0.5) is 13.2 Å². The van der Waals surface area contributed by atoms with E-state index in [0.717, 1.165) is 19.4 Å². The monoisotopic (exact) mass is 275 g/mol. The molecule has 1 unspecified atom stereocenters. The van der Waals surface area contributed by atoms with E-state index in [1.165, 1.54) is 0 Å². The zero-order valence-electron chi connectivity index (χ0n) is 11.6. The fourth-order valence-electron chi connectivity index (χ4n) is 2.92. The Morgan fingerprint density at radius 1 is 1.26 bits per heavy atom. The smallest absolute Gasteiger partial charge is 0.314 e. The van der Waals surface area contributed by atoms with E-state index in [1.54, 1.807) is 0 Å². The minimum atomic E-state index is -4.02. The molecule has 0 aromatic carbocycles. The third-order valence-corrected chi connectivity index (χ3v) is 4.06. The molecule has 19 heavy (non-hydrogen) atoms. The van der Waals surface area contributed by atoms with Crippen molar-refractivity contribution in [3.05, 3.63) is 0 Å². The van der Waals surface area contributed by atoms with E-state index in [4.69, 9.17) is 6.42 Å². The average Bonchev–Trinajstić information content (AvgIpc) is 2.38. The number of rotatable bonds is 6. The SMILES string of the molecule is C#CCCC(NCCC)C1CCC(C(F)(F)F)CC1. The van der Waals surface area contributed by atoms with Gasteiger partial charge in [0.1, 0.15) is 0 Å². The van der Waals surface area contributed by atoms with Crippen LogP contribution in [-0.4, -0.2) is 18.8 Å². The van der Waals surface area contributed by atoms with Crippen LogP contribution in [0.1, 0.15) is 51.9 Å². The highest BCUT2D eigenvalue weighted by atomic mass is 19.4. The third kappa shape index (κ3) is 5.44. The van der Waals surface area contributed by atoms with Crippen LogP contribution in [0, 0.1) is 24.2 Å². The van der Waals surface area contributed by atoms with Gasteiger partial charge in [0.05, 0.1) is 5.92 Å². The van der Waals surface area contributed by atoms with E-state index in [1.807, 2.05) is 0 Å². The van der Waals surface area contributed by atoms with Crippen molar-refractivity contribution in [2.75, 3.05) is 6.54 Å². The molecule has 0 heterocycles. The molecule has 0 spiro atoms. The first-order valence-corrected chi connectivity index (χ1v) is 7.22. The molecule has 1 fully saturated rings. The number of alkyl halides is 3. The molecule has 0 saturated heterocycles. The molecular weight excluding hydrogens is 251 g/mol. The van der Waals surface area contributed by atoms with Crippen LogP contribution in [0.25, 0.3) is 0 Å². The van der Waals surface area contributed by atoms with Gasteiger partial charge in [-0.2, -0.15) is 13.2 Å². The van der Waals surface area contributed by atoms with Gasteiger partial charge in [-0.25, -0.2) is 0 Å². The highest BCUT2D eigenvalue weighted by molar-refractivity contribution is 4.89. The topological polar surface area (TPSA) is 12.0 Å². The number of terminal acetylenes is 1.